The molecule has 1 saturated heterocycles. The molecule has 2 aliphatic rings. The number of ether oxygens (including phenoxy) is 1. The Bertz CT molecular complexity index is 1080. The van der Waals surface area contributed by atoms with E-state index in [1.165, 1.54) is 18.1 Å². The predicted octanol–water partition coefficient (Wildman–Crippen LogP) is 4.51. The second-order valence-electron chi connectivity index (χ2n) is 8.63. The van der Waals surface area contributed by atoms with E-state index in [0.29, 0.717) is 31.1 Å². The van der Waals surface area contributed by atoms with Crippen molar-refractivity contribution in [1.29, 1.82) is 0 Å². The molecule has 2 atom stereocenters. The fourth-order valence-electron chi connectivity index (χ4n) is 5.06. The number of nitrogens with zero attached hydrogens (tertiary/aromatic N) is 1. The highest BCUT2D eigenvalue weighted by Crippen LogP contribution is 2.54. The predicted molar refractivity (Wildman–Crippen MR) is 112 cm³/mol. The maximum atomic E-state index is 15.1. The van der Waals surface area contributed by atoms with Crippen LogP contribution in [0.25, 0.3) is 0 Å². The molecule has 5 nitrogen and oxygen atoms in total. The monoisotopic (exact) mass is 464 g/mol. The number of methoxy groups -OCH3 is 1. The number of hydrogen-bond acceptors (Lipinski definition) is 3. The number of hydrogen-bond donors (Lipinski definition) is 1. The lowest BCUT2D eigenvalue weighted by atomic mass is 9.73. The summed E-state index contributed by atoms with van der Waals surface area (Å²) in [7, 11) is 1.46. The Morgan fingerprint density at radius 1 is 1.18 bits per heavy atom. The van der Waals surface area contributed by atoms with Crippen molar-refractivity contribution in [3.05, 3.63) is 65.0 Å². The van der Waals surface area contributed by atoms with Crippen LogP contribution in [0.5, 0.6) is 5.75 Å². The van der Waals surface area contributed by atoms with E-state index in [2.05, 4.69) is 0 Å². The summed E-state index contributed by atoms with van der Waals surface area (Å²) in [6.45, 7) is 0.227. The third-order valence-electron chi connectivity index (χ3n) is 6.68. The minimum absolute atomic E-state index is 0.0188. The molecule has 1 heterocycles. The molecule has 4 rings (SSSR count). The first-order valence-corrected chi connectivity index (χ1v) is 10.7. The Labute approximate surface area is 188 Å². The van der Waals surface area contributed by atoms with E-state index >= 15 is 4.39 Å². The Hall–Kier alpha value is -3.10. The minimum Gasteiger partial charge on any atom is -0.497 e. The van der Waals surface area contributed by atoms with Crippen molar-refractivity contribution in [2.24, 2.45) is 11.7 Å². The van der Waals surface area contributed by atoms with Crippen LogP contribution in [0.2, 0.25) is 0 Å². The van der Waals surface area contributed by atoms with Crippen molar-refractivity contribution in [1.82, 2.24) is 4.90 Å². The second kappa shape index (κ2) is 8.35. The Morgan fingerprint density at radius 2 is 1.91 bits per heavy atom. The molecule has 0 radical (unpaired) electrons. The first-order valence-electron chi connectivity index (χ1n) is 10.7. The lowest BCUT2D eigenvalue weighted by Crippen LogP contribution is -2.60. The number of amides is 2. The largest absolute Gasteiger partial charge is 0.497 e. The summed E-state index contributed by atoms with van der Waals surface area (Å²) < 4.78 is 59.5. The van der Waals surface area contributed by atoms with Crippen LogP contribution in [0.15, 0.2) is 42.5 Å². The van der Waals surface area contributed by atoms with Gasteiger partial charge in [0.25, 0.3) is 5.91 Å². The number of carbonyl (C=O) groups is 2. The standard InChI is InChI=1S/C24H24F4N2O3/c1-33-17-5-2-4-15(12-17)21(31)30-11-3-10-23(30,22(29)32)20(14-6-7-14)18-9-8-16(13-19(18)25)24(26,27)28/h2,4-5,8-9,12-14,20H,3,6-7,10-11H2,1H3,(H2,29,32)/t20-,23+/m1/s1. The molecule has 9 heteroatoms. The summed E-state index contributed by atoms with van der Waals surface area (Å²) in [5.74, 6) is -2.84. The molecule has 2 fully saturated rings. The molecule has 0 bridgehead atoms. The first-order chi connectivity index (χ1) is 15.6. The molecule has 2 aromatic rings. The Kier molecular flexibility index (Phi) is 5.84. The van der Waals surface area contributed by atoms with Gasteiger partial charge in [-0.25, -0.2) is 4.39 Å². The maximum Gasteiger partial charge on any atom is 0.416 e. The normalized spacial score (nSPS) is 21.7. The molecule has 176 valence electrons. The average Bonchev–Trinajstić information content (AvgIpc) is 3.51. The Balaban J connectivity index is 1.80. The van der Waals surface area contributed by atoms with E-state index in [4.69, 9.17) is 10.5 Å². The zero-order valence-electron chi connectivity index (χ0n) is 18.0. The van der Waals surface area contributed by atoms with Gasteiger partial charge in [0.15, 0.2) is 0 Å². The number of primary amides is 1. The average molecular weight is 464 g/mol. The molecule has 0 unspecified atom stereocenters. The van der Waals surface area contributed by atoms with Gasteiger partial charge >= 0.3 is 6.18 Å². The van der Waals surface area contributed by atoms with Crippen LogP contribution in [0.1, 0.15) is 53.1 Å². The van der Waals surface area contributed by atoms with Crippen LogP contribution in [0.4, 0.5) is 17.6 Å². The maximum absolute atomic E-state index is 15.1. The SMILES string of the molecule is COc1cccc(C(=O)N2CCC[C@@]2(C(N)=O)[C@@H](c2ccc(C(F)(F)F)cc2F)C2CC2)c1. The summed E-state index contributed by atoms with van der Waals surface area (Å²) in [5.41, 5.74) is 3.50. The molecule has 1 aliphatic heterocycles. The number of nitrogens with two attached hydrogens (primary N) is 1. The first kappa shape index (κ1) is 23.1. The summed E-state index contributed by atoms with van der Waals surface area (Å²) in [4.78, 5) is 27.9. The fourth-order valence-corrected chi connectivity index (χ4v) is 5.06. The highest BCUT2D eigenvalue weighted by molar-refractivity contribution is 6.00. The van der Waals surface area contributed by atoms with Crippen LogP contribution in [-0.2, 0) is 11.0 Å². The van der Waals surface area contributed by atoms with Crippen LogP contribution >= 0.6 is 0 Å². The molecule has 2 amide bonds. The minimum atomic E-state index is -4.70. The van der Waals surface area contributed by atoms with Crippen molar-refractivity contribution in [2.45, 2.75) is 43.3 Å². The van der Waals surface area contributed by atoms with Crippen molar-refractivity contribution < 1.29 is 31.9 Å². The molecular formula is C24H24F4N2O3. The van der Waals surface area contributed by atoms with Gasteiger partial charge in [-0.2, -0.15) is 13.2 Å². The molecule has 0 aromatic heterocycles. The number of benzene rings is 2. The van der Waals surface area contributed by atoms with Crippen molar-refractivity contribution in [3.8, 4) is 5.75 Å². The molecule has 2 N–H and O–H groups in total. The van der Waals surface area contributed by atoms with Crippen molar-refractivity contribution in [3.63, 3.8) is 0 Å². The number of alkyl halides is 3. The third-order valence-corrected chi connectivity index (χ3v) is 6.68. The zero-order chi connectivity index (χ0) is 24.0. The van der Waals surface area contributed by atoms with Crippen LogP contribution in [0, 0.1) is 11.7 Å². The van der Waals surface area contributed by atoms with E-state index < -0.39 is 40.8 Å². The van der Waals surface area contributed by atoms with Crippen LogP contribution < -0.4 is 10.5 Å². The van der Waals surface area contributed by atoms with Gasteiger partial charge in [-0.15, -0.1) is 0 Å². The van der Waals surface area contributed by atoms with E-state index in [0.717, 1.165) is 12.1 Å². The molecule has 2 aromatic carbocycles. The lowest BCUT2D eigenvalue weighted by molar-refractivity contribution is -0.138. The van der Waals surface area contributed by atoms with Gasteiger partial charge in [0.1, 0.15) is 17.1 Å². The van der Waals surface area contributed by atoms with Gasteiger partial charge in [-0.1, -0.05) is 12.1 Å². The van der Waals surface area contributed by atoms with Crippen LogP contribution in [0.3, 0.4) is 0 Å². The van der Waals surface area contributed by atoms with Gasteiger partial charge < -0.3 is 15.4 Å². The molecule has 33 heavy (non-hydrogen) atoms. The summed E-state index contributed by atoms with van der Waals surface area (Å²) in [5, 5.41) is 0. The molecule has 0 spiro atoms. The fraction of sp³-hybridized carbons (Fsp3) is 0.417. The molecular weight excluding hydrogens is 440 g/mol. The number of rotatable bonds is 6. The Morgan fingerprint density at radius 3 is 2.48 bits per heavy atom. The second-order valence-corrected chi connectivity index (χ2v) is 8.63. The number of likely N-dealkylation sites (tertiary alicyclic amines) is 1. The highest BCUT2D eigenvalue weighted by Gasteiger charge is 2.59. The summed E-state index contributed by atoms with van der Waals surface area (Å²) in [6.07, 6.45) is -2.69. The topological polar surface area (TPSA) is 72.6 Å². The lowest BCUT2D eigenvalue weighted by Gasteiger charge is -2.43. The highest BCUT2D eigenvalue weighted by atomic mass is 19.4. The summed E-state index contributed by atoms with van der Waals surface area (Å²) >= 11 is 0. The van der Waals surface area contributed by atoms with Gasteiger partial charge in [0, 0.05) is 18.0 Å². The van der Waals surface area contributed by atoms with Crippen molar-refractivity contribution >= 4 is 11.8 Å². The van der Waals surface area contributed by atoms with E-state index in [1.807, 2.05) is 0 Å². The third kappa shape index (κ3) is 4.05. The van der Waals surface area contributed by atoms with Gasteiger partial charge in [0.2, 0.25) is 5.91 Å². The molecule has 1 saturated carbocycles. The van der Waals surface area contributed by atoms with Gasteiger partial charge in [-0.3, -0.25) is 9.59 Å². The van der Waals surface area contributed by atoms with Gasteiger partial charge in [-0.05, 0) is 67.5 Å². The smallest absolute Gasteiger partial charge is 0.416 e. The number of carbonyl (C=O) groups excluding carboxylic acids is 2. The van der Waals surface area contributed by atoms with Crippen molar-refractivity contribution in [2.75, 3.05) is 13.7 Å². The zero-order valence-corrected chi connectivity index (χ0v) is 18.0. The number of halogens is 4. The van der Waals surface area contributed by atoms with E-state index in [9.17, 15) is 22.8 Å². The van der Waals surface area contributed by atoms with Crippen LogP contribution in [-0.4, -0.2) is 35.9 Å². The van der Waals surface area contributed by atoms with Gasteiger partial charge in [0.05, 0.1) is 12.7 Å². The molecule has 1 aliphatic carbocycles. The van der Waals surface area contributed by atoms with E-state index in [1.54, 1.807) is 18.2 Å². The van der Waals surface area contributed by atoms with E-state index in [-0.39, 0.29) is 30.0 Å². The summed E-state index contributed by atoms with van der Waals surface area (Å²) in [6, 6.07) is 8.78. The quantitative estimate of drug-likeness (QED) is 0.640.